The second kappa shape index (κ2) is 6.89. The van der Waals surface area contributed by atoms with E-state index in [0.29, 0.717) is 0 Å². The predicted molar refractivity (Wildman–Crippen MR) is 105 cm³/mol. The molecule has 0 spiro atoms. The van der Waals surface area contributed by atoms with Gasteiger partial charge in [0.25, 0.3) is 0 Å². The summed E-state index contributed by atoms with van der Waals surface area (Å²) < 4.78 is 0. The zero-order valence-corrected chi connectivity index (χ0v) is 16.0. The van der Waals surface area contributed by atoms with E-state index in [1.165, 1.54) is 21.6 Å². The van der Waals surface area contributed by atoms with Crippen LogP contribution >= 0.6 is 5.51 Å². The molecule has 0 unspecified atom stereocenters. The Balaban J connectivity index is 2.19. The first-order valence-corrected chi connectivity index (χ1v) is 11.6. The first-order chi connectivity index (χ1) is 11.1. The fourth-order valence-electron chi connectivity index (χ4n) is 2.68. The van der Waals surface area contributed by atoms with Gasteiger partial charge in [-0.3, -0.25) is 0 Å². The van der Waals surface area contributed by atoms with Crippen molar-refractivity contribution in [2.45, 2.75) is 0 Å². The van der Waals surface area contributed by atoms with E-state index in [4.69, 9.17) is 0 Å². The predicted octanol–water partition coefficient (Wildman–Crippen LogP) is 3.13. The summed E-state index contributed by atoms with van der Waals surface area (Å²) in [4.78, 5) is 2.13. The molecule has 0 bridgehead atoms. The van der Waals surface area contributed by atoms with E-state index in [9.17, 15) is 0 Å². The summed E-state index contributed by atoms with van der Waals surface area (Å²) in [5, 5.41) is 4.09. The molecule has 0 N–H and O–H groups in total. The van der Waals surface area contributed by atoms with E-state index in [1.54, 1.807) is 0 Å². The molecular formula is C20H20NPSe. The van der Waals surface area contributed by atoms with Crippen LogP contribution in [0.3, 0.4) is 0 Å². The normalized spacial score (nSPS) is 11.2. The summed E-state index contributed by atoms with van der Waals surface area (Å²) >= 11 is 3.59. The van der Waals surface area contributed by atoms with E-state index in [2.05, 4.69) is 119 Å². The number of rotatable bonds is 4. The third kappa shape index (κ3) is 3.21. The second-order valence-corrected chi connectivity index (χ2v) is 11.9. The summed E-state index contributed by atoms with van der Waals surface area (Å²) in [5.74, 6) is 0. The fourth-order valence-corrected chi connectivity index (χ4v) is 7.63. The van der Waals surface area contributed by atoms with Gasteiger partial charge in [0, 0.05) is 0 Å². The monoisotopic (exact) mass is 385 g/mol. The molecule has 0 radical (unpaired) electrons. The Kier molecular flexibility index (Phi) is 4.87. The van der Waals surface area contributed by atoms with Gasteiger partial charge in [-0.2, -0.15) is 0 Å². The zero-order valence-electron chi connectivity index (χ0n) is 13.4. The van der Waals surface area contributed by atoms with E-state index in [1.807, 2.05) is 0 Å². The third-order valence-electron chi connectivity index (χ3n) is 3.97. The van der Waals surface area contributed by atoms with Crippen LogP contribution in [0.4, 0.5) is 5.69 Å². The maximum absolute atomic E-state index is 3.59. The Morgan fingerprint density at radius 3 is 1.39 bits per heavy atom. The Labute approximate surface area is 146 Å². The van der Waals surface area contributed by atoms with E-state index >= 15 is 0 Å². The van der Waals surface area contributed by atoms with Crippen LogP contribution < -0.4 is 20.8 Å². The van der Waals surface area contributed by atoms with Gasteiger partial charge in [0.05, 0.1) is 0 Å². The van der Waals surface area contributed by atoms with Gasteiger partial charge < -0.3 is 0 Å². The topological polar surface area (TPSA) is 3.24 Å². The van der Waals surface area contributed by atoms with Crippen LogP contribution in [-0.2, 0) is 0 Å². The van der Waals surface area contributed by atoms with Crippen molar-refractivity contribution >= 4 is 42.2 Å². The molecule has 0 heterocycles. The van der Waals surface area contributed by atoms with Crippen molar-refractivity contribution in [3.63, 3.8) is 0 Å². The van der Waals surface area contributed by atoms with Crippen LogP contribution in [0.2, 0.25) is 0 Å². The molecule has 0 saturated heterocycles. The van der Waals surface area contributed by atoms with Gasteiger partial charge >= 0.3 is 146 Å². The minimum absolute atomic E-state index is 1.22. The number of benzene rings is 3. The number of hydrogen-bond acceptors (Lipinski definition) is 1. The molecule has 1 nitrogen and oxygen atoms in total. The molecule has 0 aliphatic carbocycles. The number of hydrogen-bond donors (Lipinski definition) is 0. The van der Waals surface area contributed by atoms with Crippen molar-refractivity contribution in [2.24, 2.45) is 0 Å². The second-order valence-electron chi connectivity index (χ2n) is 5.69. The molecule has 0 aliphatic heterocycles. The Morgan fingerprint density at radius 1 is 0.609 bits per heavy atom. The molecule has 116 valence electrons. The summed E-state index contributed by atoms with van der Waals surface area (Å²) in [6.45, 7) is 0. The quantitative estimate of drug-likeness (QED) is 0.494. The van der Waals surface area contributed by atoms with Crippen molar-refractivity contribution < 1.29 is 0 Å². The van der Waals surface area contributed by atoms with Crippen LogP contribution in [0.15, 0.2) is 84.9 Å². The van der Waals surface area contributed by atoms with E-state index < -0.39 is 5.51 Å². The SMILES string of the molecule is CN(C)c1ccc(P(=[Se])(c2ccccc2)c2ccccc2)cc1. The molecular weight excluding hydrogens is 364 g/mol. The van der Waals surface area contributed by atoms with Crippen LogP contribution in [0.25, 0.3) is 0 Å². The van der Waals surface area contributed by atoms with Crippen LogP contribution in [0.1, 0.15) is 0 Å². The van der Waals surface area contributed by atoms with Crippen LogP contribution in [-0.4, -0.2) is 29.2 Å². The molecule has 0 atom stereocenters. The standard InChI is InChI=1S/C20H20NPSe/c1-21(2)17-13-15-20(16-14-17)22(23,18-9-5-3-6-10-18)19-11-7-4-8-12-19/h3-16H,1-2H3. The molecule has 3 rings (SSSR count). The molecule has 3 heteroatoms. The molecule has 0 saturated carbocycles. The van der Waals surface area contributed by atoms with Gasteiger partial charge in [0.1, 0.15) is 0 Å². The van der Waals surface area contributed by atoms with Crippen molar-refractivity contribution in [1.29, 1.82) is 0 Å². The minimum atomic E-state index is -1.72. The summed E-state index contributed by atoms with van der Waals surface area (Å²) in [7, 11) is 4.15. The van der Waals surface area contributed by atoms with Crippen molar-refractivity contribution in [1.82, 2.24) is 0 Å². The van der Waals surface area contributed by atoms with E-state index in [-0.39, 0.29) is 0 Å². The average Bonchev–Trinajstić information content (AvgIpc) is 2.62. The molecule has 0 amide bonds. The van der Waals surface area contributed by atoms with Gasteiger partial charge in [-0.1, -0.05) is 0 Å². The van der Waals surface area contributed by atoms with Gasteiger partial charge in [-0.05, 0) is 0 Å². The van der Waals surface area contributed by atoms with Gasteiger partial charge in [-0.25, -0.2) is 0 Å². The summed E-state index contributed by atoms with van der Waals surface area (Å²) in [5.41, 5.74) is -0.496. The van der Waals surface area contributed by atoms with Gasteiger partial charge in [0.15, 0.2) is 0 Å². The third-order valence-corrected chi connectivity index (χ3v) is 11.0. The number of nitrogens with zero attached hydrogens (tertiary/aromatic N) is 1. The van der Waals surface area contributed by atoms with Gasteiger partial charge in [0.2, 0.25) is 0 Å². The average molecular weight is 384 g/mol. The zero-order chi connectivity index (χ0) is 16.3. The molecule has 0 aromatic heterocycles. The van der Waals surface area contributed by atoms with Crippen molar-refractivity contribution in [3.05, 3.63) is 84.9 Å². The molecule has 3 aromatic rings. The van der Waals surface area contributed by atoms with Crippen molar-refractivity contribution in [3.8, 4) is 0 Å². The summed E-state index contributed by atoms with van der Waals surface area (Å²) in [6, 6.07) is 30.5. The fraction of sp³-hybridized carbons (Fsp3) is 0.100. The Morgan fingerprint density at radius 2 is 1.00 bits per heavy atom. The van der Waals surface area contributed by atoms with E-state index in [0.717, 1.165) is 0 Å². The molecule has 0 aliphatic rings. The number of anilines is 1. The molecule has 0 fully saturated rings. The molecule has 3 aromatic carbocycles. The Hall–Kier alpha value is -1.59. The van der Waals surface area contributed by atoms with Crippen molar-refractivity contribution in [2.75, 3.05) is 19.0 Å². The first-order valence-electron chi connectivity index (χ1n) is 7.61. The Bertz CT molecular complexity index is 768. The first kappa shape index (κ1) is 16.3. The van der Waals surface area contributed by atoms with Crippen LogP contribution in [0, 0.1) is 0 Å². The van der Waals surface area contributed by atoms with Crippen LogP contribution in [0.5, 0.6) is 0 Å². The summed E-state index contributed by atoms with van der Waals surface area (Å²) in [6.07, 6.45) is 0. The molecule has 23 heavy (non-hydrogen) atoms. The maximum atomic E-state index is 3.59. The van der Waals surface area contributed by atoms with Gasteiger partial charge in [-0.15, -0.1) is 0 Å².